The Bertz CT molecular complexity index is 874. The summed E-state index contributed by atoms with van der Waals surface area (Å²) < 4.78 is 0.899. The fraction of sp³-hybridized carbons (Fsp3) is 0.444. The highest BCUT2D eigenvalue weighted by Crippen LogP contribution is 2.23. The molecule has 0 bridgehead atoms. The van der Waals surface area contributed by atoms with Gasteiger partial charge in [0.25, 0.3) is 5.56 Å². The van der Waals surface area contributed by atoms with Crippen molar-refractivity contribution in [2.24, 2.45) is 5.92 Å². The second kappa shape index (κ2) is 7.04. The van der Waals surface area contributed by atoms with E-state index >= 15 is 0 Å². The van der Waals surface area contributed by atoms with E-state index in [9.17, 15) is 19.5 Å². The predicted molar refractivity (Wildman–Crippen MR) is 89.9 cm³/mol. The van der Waals surface area contributed by atoms with Crippen LogP contribution in [-0.2, 0) is 11.3 Å². The molecule has 0 aliphatic heterocycles. The minimum atomic E-state index is -1.48. The van der Waals surface area contributed by atoms with Crippen LogP contribution in [0.25, 0.3) is 10.8 Å². The molecule has 0 unspecified atom stereocenters. The van der Waals surface area contributed by atoms with Crippen molar-refractivity contribution in [1.82, 2.24) is 15.1 Å². The lowest BCUT2D eigenvalue weighted by atomic mass is 9.86. The molecule has 1 aliphatic carbocycles. The molecular weight excluding hydrogens is 322 g/mol. The van der Waals surface area contributed by atoms with Gasteiger partial charge < -0.3 is 15.2 Å². The van der Waals surface area contributed by atoms with E-state index in [-0.39, 0.29) is 35.0 Å². The van der Waals surface area contributed by atoms with Gasteiger partial charge in [0.15, 0.2) is 0 Å². The number of hydrogen-bond donors (Lipinski definition) is 1. The van der Waals surface area contributed by atoms with E-state index in [1.807, 2.05) is 0 Å². The van der Waals surface area contributed by atoms with Gasteiger partial charge in [0.1, 0.15) is 12.2 Å². The summed E-state index contributed by atoms with van der Waals surface area (Å²) in [5, 5.41) is 18.5. The van der Waals surface area contributed by atoms with Gasteiger partial charge in [-0.2, -0.15) is 5.10 Å². The Morgan fingerprint density at radius 3 is 2.60 bits per heavy atom. The van der Waals surface area contributed by atoms with Crippen LogP contribution in [0.5, 0.6) is 0 Å². The molecule has 1 aromatic carbocycles. The number of nitrogens with zero attached hydrogens (tertiary/aromatic N) is 2. The van der Waals surface area contributed by atoms with Crippen molar-refractivity contribution in [3.63, 3.8) is 0 Å². The van der Waals surface area contributed by atoms with E-state index in [1.54, 1.807) is 12.1 Å². The Balaban J connectivity index is 1.88. The van der Waals surface area contributed by atoms with Crippen LogP contribution >= 0.6 is 0 Å². The summed E-state index contributed by atoms with van der Waals surface area (Å²) >= 11 is 0. The molecule has 1 fully saturated rings. The number of carboxylic acids is 1. The second-order valence-corrected chi connectivity index (χ2v) is 6.58. The molecule has 25 heavy (non-hydrogen) atoms. The summed E-state index contributed by atoms with van der Waals surface area (Å²) in [6.07, 6.45) is 4.21. The molecule has 1 saturated carbocycles. The molecule has 1 aliphatic rings. The van der Waals surface area contributed by atoms with Gasteiger partial charge in [0.2, 0.25) is 5.91 Å². The van der Waals surface area contributed by atoms with E-state index < -0.39 is 11.5 Å². The maximum atomic E-state index is 12.5. The number of aromatic nitrogens is 2. The zero-order valence-electron chi connectivity index (χ0n) is 14.0. The molecule has 1 N–H and O–H groups in total. The van der Waals surface area contributed by atoms with Gasteiger partial charge in [-0.15, -0.1) is 0 Å². The third kappa shape index (κ3) is 3.55. The van der Waals surface area contributed by atoms with Crippen LogP contribution in [0.1, 0.15) is 43.1 Å². The van der Waals surface area contributed by atoms with Crippen molar-refractivity contribution in [2.45, 2.75) is 45.2 Å². The lowest BCUT2D eigenvalue weighted by molar-refractivity contribution is -0.255. The minimum Gasteiger partial charge on any atom is -0.543 e. The highest BCUT2D eigenvalue weighted by Gasteiger charge is 2.23. The van der Waals surface area contributed by atoms with Gasteiger partial charge in [0, 0.05) is 11.4 Å². The number of fused-ring (bicyclic) bond motifs is 1. The van der Waals surface area contributed by atoms with Gasteiger partial charge in [0.05, 0.1) is 11.4 Å². The number of amides is 1. The molecule has 2 aromatic rings. The molecule has 132 valence electrons. The zero-order chi connectivity index (χ0) is 18.0. The molecule has 1 heterocycles. The number of carbonyl (C=O) groups is 2. The van der Waals surface area contributed by atoms with E-state index in [2.05, 4.69) is 17.3 Å². The van der Waals surface area contributed by atoms with Crippen LogP contribution in [0.4, 0.5) is 0 Å². The average Bonchev–Trinajstić information content (AvgIpc) is 2.59. The second-order valence-electron chi connectivity index (χ2n) is 6.58. The topological polar surface area (TPSA) is 104 Å². The summed E-state index contributed by atoms with van der Waals surface area (Å²) in [7, 11) is 0. The van der Waals surface area contributed by atoms with E-state index in [0.29, 0.717) is 5.92 Å². The third-order valence-electron chi connectivity index (χ3n) is 4.81. The van der Waals surface area contributed by atoms with Crippen LogP contribution < -0.4 is 16.0 Å². The number of aromatic carboxylic acids is 1. The largest absolute Gasteiger partial charge is 0.543 e. The van der Waals surface area contributed by atoms with E-state index in [1.165, 1.54) is 12.1 Å². The molecule has 7 nitrogen and oxygen atoms in total. The first-order chi connectivity index (χ1) is 12.0. The molecule has 2 atom stereocenters. The summed E-state index contributed by atoms with van der Waals surface area (Å²) in [6.45, 7) is 1.78. The van der Waals surface area contributed by atoms with Gasteiger partial charge in [-0.1, -0.05) is 38.0 Å². The van der Waals surface area contributed by atoms with Crippen LogP contribution in [0.2, 0.25) is 0 Å². The van der Waals surface area contributed by atoms with E-state index in [4.69, 9.17) is 0 Å². The van der Waals surface area contributed by atoms with Crippen LogP contribution in [0.3, 0.4) is 0 Å². The molecule has 0 radical (unpaired) electrons. The third-order valence-corrected chi connectivity index (χ3v) is 4.81. The van der Waals surface area contributed by atoms with Crippen molar-refractivity contribution < 1.29 is 14.7 Å². The van der Waals surface area contributed by atoms with Crippen molar-refractivity contribution in [3.8, 4) is 0 Å². The molecular formula is C18H20N3O4-. The van der Waals surface area contributed by atoms with Gasteiger partial charge in [-0.3, -0.25) is 9.59 Å². The lowest BCUT2D eigenvalue weighted by Crippen LogP contribution is -2.44. The molecule has 3 rings (SSSR count). The minimum absolute atomic E-state index is 0.0815. The Kier molecular flexibility index (Phi) is 4.83. The van der Waals surface area contributed by atoms with Gasteiger partial charge >= 0.3 is 0 Å². The first-order valence-corrected chi connectivity index (χ1v) is 8.48. The fourth-order valence-corrected chi connectivity index (χ4v) is 3.41. The Morgan fingerprint density at radius 2 is 1.92 bits per heavy atom. The maximum absolute atomic E-state index is 12.5. The number of benzene rings is 1. The molecule has 7 heteroatoms. The normalized spacial score (nSPS) is 20.4. The van der Waals surface area contributed by atoms with Crippen LogP contribution in [0.15, 0.2) is 29.1 Å². The van der Waals surface area contributed by atoms with Crippen molar-refractivity contribution >= 4 is 22.6 Å². The van der Waals surface area contributed by atoms with Crippen LogP contribution in [-0.4, -0.2) is 27.7 Å². The first kappa shape index (κ1) is 17.1. The standard InChI is InChI=1S/C18H21N3O4/c1-11-6-2-5-9-14(11)19-15(22)10-21-17(23)13-8-4-3-7-12(13)16(20-21)18(24)25/h3-4,7-8,11,14H,2,5-6,9-10H2,1H3,(H,19,22)(H,24,25)/p-1/t11-,14+/m1/s1. The number of carboxylic acid groups (broad SMARTS) is 1. The fourth-order valence-electron chi connectivity index (χ4n) is 3.41. The highest BCUT2D eigenvalue weighted by molar-refractivity contribution is 6.00. The summed E-state index contributed by atoms with van der Waals surface area (Å²) in [6, 6.07) is 6.36. The number of hydrogen-bond acceptors (Lipinski definition) is 5. The molecule has 1 aromatic heterocycles. The quantitative estimate of drug-likeness (QED) is 0.869. The highest BCUT2D eigenvalue weighted by atomic mass is 16.4. The number of rotatable bonds is 4. The Morgan fingerprint density at radius 1 is 1.24 bits per heavy atom. The van der Waals surface area contributed by atoms with Crippen molar-refractivity contribution in [2.75, 3.05) is 0 Å². The van der Waals surface area contributed by atoms with E-state index in [0.717, 1.165) is 30.4 Å². The SMILES string of the molecule is C[C@@H]1CCCC[C@@H]1NC(=O)Cn1nc(C(=O)[O-])c2ccccc2c1=O. The monoisotopic (exact) mass is 342 g/mol. The van der Waals surface area contributed by atoms with Crippen LogP contribution in [0, 0.1) is 5.92 Å². The lowest BCUT2D eigenvalue weighted by Gasteiger charge is -2.29. The smallest absolute Gasteiger partial charge is 0.275 e. The Labute approximate surface area is 144 Å². The summed E-state index contributed by atoms with van der Waals surface area (Å²) in [4.78, 5) is 36.2. The summed E-state index contributed by atoms with van der Waals surface area (Å²) in [5.74, 6) is -1.43. The molecule has 0 saturated heterocycles. The van der Waals surface area contributed by atoms with Gasteiger partial charge in [-0.05, 0) is 24.8 Å². The molecule has 0 spiro atoms. The first-order valence-electron chi connectivity index (χ1n) is 8.48. The zero-order valence-corrected chi connectivity index (χ0v) is 14.0. The van der Waals surface area contributed by atoms with Crippen molar-refractivity contribution in [3.05, 3.63) is 40.3 Å². The molecule has 1 amide bonds. The van der Waals surface area contributed by atoms with Crippen molar-refractivity contribution in [1.29, 1.82) is 0 Å². The maximum Gasteiger partial charge on any atom is 0.275 e. The van der Waals surface area contributed by atoms with Gasteiger partial charge in [-0.25, -0.2) is 4.68 Å². The number of carbonyl (C=O) groups excluding carboxylic acids is 2. The summed E-state index contributed by atoms with van der Waals surface area (Å²) in [5.41, 5.74) is -0.832. The predicted octanol–water partition coefficient (Wildman–Crippen LogP) is 0.455. The Hall–Kier alpha value is -2.70. The average molecular weight is 342 g/mol. The number of nitrogens with one attached hydrogen (secondary N) is 1.